The van der Waals surface area contributed by atoms with E-state index < -0.39 is 0 Å². The monoisotopic (exact) mass is 231 g/mol. The van der Waals surface area contributed by atoms with E-state index in [4.69, 9.17) is 10.5 Å². The van der Waals surface area contributed by atoms with Crippen LogP contribution in [0.1, 0.15) is 11.1 Å². The molecule has 0 aromatic heterocycles. The first-order valence-electron chi connectivity index (χ1n) is 5.42. The van der Waals surface area contributed by atoms with E-state index >= 15 is 0 Å². The Kier molecular flexibility index (Phi) is 3.40. The van der Waals surface area contributed by atoms with Gasteiger partial charge in [-0.05, 0) is 30.7 Å². The molecule has 0 fully saturated rings. The first-order valence-corrected chi connectivity index (χ1v) is 5.42. The largest absolute Gasteiger partial charge is 0.454 e. The maximum atomic E-state index is 13.5. The number of para-hydroxylation sites is 1. The molecule has 17 heavy (non-hydrogen) atoms. The van der Waals surface area contributed by atoms with Crippen molar-refractivity contribution < 1.29 is 9.13 Å². The number of nitrogens with two attached hydrogens (primary N) is 1. The molecule has 2 aromatic carbocycles. The van der Waals surface area contributed by atoms with Gasteiger partial charge >= 0.3 is 0 Å². The fourth-order valence-electron chi connectivity index (χ4n) is 1.58. The third-order valence-electron chi connectivity index (χ3n) is 2.50. The first kappa shape index (κ1) is 11.6. The summed E-state index contributed by atoms with van der Waals surface area (Å²) in [6.45, 7) is 2.25. The molecule has 2 N–H and O–H groups in total. The van der Waals surface area contributed by atoms with Crippen LogP contribution >= 0.6 is 0 Å². The molecule has 0 spiro atoms. The molecule has 2 rings (SSSR count). The summed E-state index contributed by atoms with van der Waals surface area (Å²) in [5.74, 6) is 0.452. The van der Waals surface area contributed by atoms with Crippen molar-refractivity contribution in [1.29, 1.82) is 0 Å². The first-order chi connectivity index (χ1) is 8.20. The van der Waals surface area contributed by atoms with E-state index in [1.165, 1.54) is 6.07 Å². The molecule has 3 heteroatoms. The van der Waals surface area contributed by atoms with Gasteiger partial charge in [-0.3, -0.25) is 0 Å². The Morgan fingerprint density at radius 1 is 1.12 bits per heavy atom. The minimum atomic E-state index is -0.373. The SMILES string of the molecule is Cc1ccc(F)c(Oc2ccccc2CN)c1. The second-order valence-corrected chi connectivity index (χ2v) is 3.85. The lowest BCUT2D eigenvalue weighted by atomic mass is 10.2. The summed E-state index contributed by atoms with van der Waals surface area (Å²) in [4.78, 5) is 0. The molecular weight excluding hydrogens is 217 g/mol. The summed E-state index contributed by atoms with van der Waals surface area (Å²) in [5.41, 5.74) is 7.40. The van der Waals surface area contributed by atoms with Gasteiger partial charge in [0.1, 0.15) is 5.75 Å². The van der Waals surface area contributed by atoms with Gasteiger partial charge in [0, 0.05) is 12.1 Å². The molecule has 0 saturated carbocycles. The summed E-state index contributed by atoms with van der Waals surface area (Å²) in [5, 5.41) is 0. The third kappa shape index (κ3) is 2.63. The van der Waals surface area contributed by atoms with Gasteiger partial charge in [0.2, 0.25) is 0 Å². The Balaban J connectivity index is 2.34. The number of hydrogen-bond acceptors (Lipinski definition) is 2. The van der Waals surface area contributed by atoms with Gasteiger partial charge < -0.3 is 10.5 Å². The molecule has 88 valence electrons. The van der Waals surface area contributed by atoms with Crippen molar-refractivity contribution in [2.24, 2.45) is 5.73 Å². The van der Waals surface area contributed by atoms with E-state index in [1.807, 2.05) is 25.1 Å². The van der Waals surface area contributed by atoms with Crippen LogP contribution in [0.15, 0.2) is 42.5 Å². The number of hydrogen-bond donors (Lipinski definition) is 1. The van der Waals surface area contributed by atoms with Crippen molar-refractivity contribution in [3.05, 3.63) is 59.4 Å². The minimum Gasteiger partial charge on any atom is -0.454 e. The molecule has 0 bridgehead atoms. The quantitative estimate of drug-likeness (QED) is 0.878. The van der Waals surface area contributed by atoms with Crippen molar-refractivity contribution >= 4 is 0 Å². The van der Waals surface area contributed by atoms with Crippen LogP contribution < -0.4 is 10.5 Å². The van der Waals surface area contributed by atoms with Crippen LogP contribution in [0.3, 0.4) is 0 Å². The van der Waals surface area contributed by atoms with Crippen LogP contribution in [0.4, 0.5) is 4.39 Å². The van der Waals surface area contributed by atoms with Gasteiger partial charge in [0.25, 0.3) is 0 Å². The minimum absolute atomic E-state index is 0.228. The number of ether oxygens (including phenoxy) is 1. The zero-order valence-corrected chi connectivity index (χ0v) is 9.61. The van der Waals surface area contributed by atoms with Gasteiger partial charge in [-0.15, -0.1) is 0 Å². The molecule has 0 atom stereocenters. The number of rotatable bonds is 3. The molecule has 0 aliphatic rings. The van der Waals surface area contributed by atoms with E-state index in [1.54, 1.807) is 18.2 Å². The third-order valence-corrected chi connectivity index (χ3v) is 2.50. The van der Waals surface area contributed by atoms with E-state index in [2.05, 4.69) is 0 Å². The highest BCUT2D eigenvalue weighted by Gasteiger charge is 2.07. The average Bonchev–Trinajstić information content (AvgIpc) is 2.34. The summed E-state index contributed by atoms with van der Waals surface area (Å²) in [6.07, 6.45) is 0. The Bertz CT molecular complexity index is 525. The second kappa shape index (κ2) is 4.97. The lowest BCUT2D eigenvalue weighted by Gasteiger charge is -2.10. The molecule has 0 unspecified atom stereocenters. The Hall–Kier alpha value is -1.87. The lowest BCUT2D eigenvalue weighted by molar-refractivity contribution is 0.437. The molecule has 0 radical (unpaired) electrons. The zero-order chi connectivity index (χ0) is 12.3. The molecule has 0 saturated heterocycles. The normalized spacial score (nSPS) is 10.3. The number of benzene rings is 2. The molecule has 2 aromatic rings. The van der Waals surface area contributed by atoms with Crippen LogP contribution in [-0.4, -0.2) is 0 Å². The molecule has 0 aliphatic heterocycles. The van der Waals surface area contributed by atoms with Crippen LogP contribution in [0, 0.1) is 12.7 Å². The summed E-state index contributed by atoms with van der Waals surface area (Å²) < 4.78 is 19.1. The van der Waals surface area contributed by atoms with E-state index in [-0.39, 0.29) is 11.6 Å². The average molecular weight is 231 g/mol. The van der Waals surface area contributed by atoms with Gasteiger partial charge in [-0.1, -0.05) is 24.3 Å². The Morgan fingerprint density at radius 2 is 1.88 bits per heavy atom. The van der Waals surface area contributed by atoms with Crippen LogP contribution in [0.2, 0.25) is 0 Å². The van der Waals surface area contributed by atoms with Crippen molar-refractivity contribution in [2.45, 2.75) is 13.5 Å². The Morgan fingerprint density at radius 3 is 2.65 bits per heavy atom. The van der Waals surface area contributed by atoms with Crippen molar-refractivity contribution in [3.8, 4) is 11.5 Å². The lowest BCUT2D eigenvalue weighted by Crippen LogP contribution is -1.99. The summed E-state index contributed by atoms with van der Waals surface area (Å²) >= 11 is 0. The second-order valence-electron chi connectivity index (χ2n) is 3.85. The van der Waals surface area contributed by atoms with Crippen molar-refractivity contribution in [2.75, 3.05) is 0 Å². The van der Waals surface area contributed by atoms with E-state index in [0.29, 0.717) is 12.3 Å². The Labute approximate surface area is 99.8 Å². The summed E-state index contributed by atoms with van der Waals surface area (Å²) in [7, 11) is 0. The molecule has 2 nitrogen and oxygen atoms in total. The maximum Gasteiger partial charge on any atom is 0.165 e. The highest BCUT2D eigenvalue weighted by molar-refractivity contribution is 5.39. The molecule has 0 heterocycles. The number of aryl methyl sites for hydroxylation is 1. The topological polar surface area (TPSA) is 35.2 Å². The molecular formula is C14H14FNO. The highest BCUT2D eigenvalue weighted by Crippen LogP contribution is 2.27. The van der Waals surface area contributed by atoms with Crippen molar-refractivity contribution in [3.63, 3.8) is 0 Å². The summed E-state index contributed by atoms with van der Waals surface area (Å²) in [6, 6.07) is 12.1. The predicted octanol–water partition coefficient (Wildman–Crippen LogP) is 3.39. The van der Waals surface area contributed by atoms with Crippen molar-refractivity contribution in [1.82, 2.24) is 0 Å². The van der Waals surface area contributed by atoms with Crippen LogP contribution in [-0.2, 0) is 6.54 Å². The van der Waals surface area contributed by atoms with Gasteiger partial charge in [0.15, 0.2) is 11.6 Å². The van der Waals surface area contributed by atoms with E-state index in [0.717, 1.165) is 11.1 Å². The smallest absolute Gasteiger partial charge is 0.165 e. The van der Waals surface area contributed by atoms with Crippen LogP contribution in [0.25, 0.3) is 0 Å². The zero-order valence-electron chi connectivity index (χ0n) is 9.61. The van der Waals surface area contributed by atoms with Gasteiger partial charge in [0.05, 0.1) is 0 Å². The van der Waals surface area contributed by atoms with E-state index in [9.17, 15) is 4.39 Å². The molecule has 0 amide bonds. The van der Waals surface area contributed by atoms with Gasteiger partial charge in [-0.2, -0.15) is 0 Å². The van der Waals surface area contributed by atoms with Gasteiger partial charge in [-0.25, -0.2) is 4.39 Å². The standard InChI is InChI=1S/C14H14FNO/c1-10-6-7-12(15)14(8-10)17-13-5-3-2-4-11(13)9-16/h2-8H,9,16H2,1H3. The maximum absolute atomic E-state index is 13.5. The highest BCUT2D eigenvalue weighted by atomic mass is 19.1. The predicted molar refractivity (Wildman–Crippen MR) is 65.5 cm³/mol. The van der Waals surface area contributed by atoms with Crippen LogP contribution in [0.5, 0.6) is 11.5 Å². The fourth-order valence-corrected chi connectivity index (χ4v) is 1.58. The number of halogens is 1. The molecule has 0 aliphatic carbocycles. The fraction of sp³-hybridized carbons (Fsp3) is 0.143.